The standard InChI is InChI=1S/C10H16N2O/c1-4-8(2)10(13)5-9-6-11-12(3)7-9/h6-8H,4-5H2,1-3H3. The molecule has 0 aromatic carbocycles. The molecular formula is C10H16N2O. The molecule has 0 N–H and O–H groups in total. The molecule has 0 radical (unpaired) electrons. The van der Waals surface area contributed by atoms with Gasteiger partial charge in [-0.15, -0.1) is 0 Å². The van der Waals surface area contributed by atoms with E-state index in [1.807, 2.05) is 27.1 Å². The highest BCUT2D eigenvalue weighted by Crippen LogP contribution is 2.07. The number of carbonyl (C=O) groups excluding carboxylic acids is 1. The highest BCUT2D eigenvalue weighted by atomic mass is 16.1. The van der Waals surface area contributed by atoms with Gasteiger partial charge in [0.25, 0.3) is 0 Å². The van der Waals surface area contributed by atoms with Gasteiger partial charge in [-0.1, -0.05) is 13.8 Å². The van der Waals surface area contributed by atoms with Gasteiger partial charge in [0.2, 0.25) is 0 Å². The molecule has 0 bridgehead atoms. The van der Waals surface area contributed by atoms with Gasteiger partial charge < -0.3 is 0 Å². The highest BCUT2D eigenvalue weighted by Gasteiger charge is 2.11. The molecule has 3 heteroatoms. The largest absolute Gasteiger partial charge is 0.299 e. The van der Waals surface area contributed by atoms with Crippen molar-refractivity contribution >= 4 is 5.78 Å². The Labute approximate surface area is 78.8 Å². The van der Waals surface area contributed by atoms with Crippen molar-refractivity contribution in [3.63, 3.8) is 0 Å². The number of rotatable bonds is 4. The van der Waals surface area contributed by atoms with Gasteiger partial charge in [0.15, 0.2) is 0 Å². The molecule has 0 aliphatic heterocycles. The van der Waals surface area contributed by atoms with Crippen molar-refractivity contribution in [2.24, 2.45) is 13.0 Å². The molecule has 0 amide bonds. The fraction of sp³-hybridized carbons (Fsp3) is 0.600. The van der Waals surface area contributed by atoms with Crippen LogP contribution in [-0.4, -0.2) is 15.6 Å². The number of carbonyl (C=O) groups is 1. The summed E-state index contributed by atoms with van der Waals surface area (Å²) in [5.41, 5.74) is 1.01. The van der Waals surface area contributed by atoms with E-state index in [1.165, 1.54) is 0 Å². The van der Waals surface area contributed by atoms with Crippen LogP contribution < -0.4 is 0 Å². The predicted molar refractivity (Wildman–Crippen MR) is 51.4 cm³/mol. The van der Waals surface area contributed by atoms with Gasteiger partial charge in [-0.25, -0.2) is 0 Å². The van der Waals surface area contributed by atoms with Gasteiger partial charge in [0.1, 0.15) is 5.78 Å². The average Bonchev–Trinajstić information content (AvgIpc) is 2.49. The lowest BCUT2D eigenvalue weighted by atomic mass is 9.99. The van der Waals surface area contributed by atoms with E-state index in [-0.39, 0.29) is 5.92 Å². The Morgan fingerprint density at radius 1 is 1.69 bits per heavy atom. The maximum absolute atomic E-state index is 11.5. The normalized spacial score (nSPS) is 12.8. The molecule has 0 aliphatic rings. The summed E-state index contributed by atoms with van der Waals surface area (Å²) < 4.78 is 1.72. The first-order valence-corrected chi connectivity index (χ1v) is 4.63. The molecule has 0 fully saturated rings. The van der Waals surface area contributed by atoms with Crippen molar-refractivity contribution in [2.45, 2.75) is 26.7 Å². The molecule has 72 valence electrons. The summed E-state index contributed by atoms with van der Waals surface area (Å²) >= 11 is 0. The van der Waals surface area contributed by atoms with Crippen molar-refractivity contribution in [3.8, 4) is 0 Å². The van der Waals surface area contributed by atoms with Gasteiger partial charge in [-0.3, -0.25) is 9.48 Å². The van der Waals surface area contributed by atoms with E-state index in [1.54, 1.807) is 10.9 Å². The summed E-state index contributed by atoms with van der Waals surface area (Å²) in [4.78, 5) is 11.5. The first kappa shape index (κ1) is 9.96. The third kappa shape index (κ3) is 2.68. The summed E-state index contributed by atoms with van der Waals surface area (Å²) in [6.45, 7) is 4.00. The topological polar surface area (TPSA) is 34.9 Å². The number of hydrogen-bond donors (Lipinski definition) is 0. The number of aromatic nitrogens is 2. The van der Waals surface area contributed by atoms with E-state index in [9.17, 15) is 4.79 Å². The van der Waals surface area contributed by atoms with E-state index in [4.69, 9.17) is 0 Å². The van der Waals surface area contributed by atoms with Crippen LogP contribution in [0.1, 0.15) is 25.8 Å². The van der Waals surface area contributed by atoms with Gasteiger partial charge in [0.05, 0.1) is 6.20 Å². The lowest BCUT2D eigenvalue weighted by molar-refractivity contribution is -0.121. The molecule has 13 heavy (non-hydrogen) atoms. The second-order valence-corrected chi connectivity index (χ2v) is 3.47. The van der Waals surface area contributed by atoms with E-state index in [2.05, 4.69) is 5.10 Å². The molecule has 1 unspecified atom stereocenters. The first-order chi connectivity index (χ1) is 6.13. The molecule has 1 aromatic rings. The van der Waals surface area contributed by atoms with Gasteiger partial charge in [0, 0.05) is 25.6 Å². The second kappa shape index (κ2) is 4.21. The van der Waals surface area contributed by atoms with Crippen molar-refractivity contribution < 1.29 is 4.79 Å². The number of nitrogens with zero attached hydrogens (tertiary/aromatic N) is 2. The average molecular weight is 180 g/mol. The number of hydrogen-bond acceptors (Lipinski definition) is 2. The maximum Gasteiger partial charge on any atom is 0.140 e. The van der Waals surface area contributed by atoms with Crippen LogP contribution in [0, 0.1) is 5.92 Å². The van der Waals surface area contributed by atoms with Crippen molar-refractivity contribution in [2.75, 3.05) is 0 Å². The quantitative estimate of drug-likeness (QED) is 0.705. The smallest absolute Gasteiger partial charge is 0.140 e. The Morgan fingerprint density at radius 2 is 2.38 bits per heavy atom. The molecule has 0 saturated carbocycles. The van der Waals surface area contributed by atoms with E-state index < -0.39 is 0 Å². The van der Waals surface area contributed by atoms with Gasteiger partial charge in [-0.2, -0.15) is 5.10 Å². The Kier molecular flexibility index (Phi) is 3.23. The maximum atomic E-state index is 11.5. The fourth-order valence-electron chi connectivity index (χ4n) is 1.17. The molecule has 1 heterocycles. The lowest BCUT2D eigenvalue weighted by Gasteiger charge is -2.04. The zero-order valence-corrected chi connectivity index (χ0v) is 8.45. The molecule has 1 atom stereocenters. The molecule has 3 nitrogen and oxygen atoms in total. The minimum absolute atomic E-state index is 0.167. The van der Waals surface area contributed by atoms with Crippen molar-refractivity contribution in [3.05, 3.63) is 18.0 Å². The predicted octanol–water partition coefficient (Wildman–Crippen LogP) is 1.58. The van der Waals surface area contributed by atoms with Crippen LogP contribution in [0.2, 0.25) is 0 Å². The van der Waals surface area contributed by atoms with Crippen LogP contribution in [0.5, 0.6) is 0 Å². The monoisotopic (exact) mass is 180 g/mol. The summed E-state index contributed by atoms with van der Waals surface area (Å²) in [6, 6.07) is 0. The van der Waals surface area contributed by atoms with Gasteiger partial charge >= 0.3 is 0 Å². The van der Waals surface area contributed by atoms with Crippen LogP contribution in [0.15, 0.2) is 12.4 Å². The zero-order chi connectivity index (χ0) is 9.84. The zero-order valence-electron chi connectivity index (χ0n) is 8.45. The number of ketones is 1. The van der Waals surface area contributed by atoms with E-state index in [0.717, 1.165) is 12.0 Å². The van der Waals surface area contributed by atoms with Crippen LogP contribution in [0.3, 0.4) is 0 Å². The Morgan fingerprint density at radius 3 is 2.85 bits per heavy atom. The Balaban J connectivity index is 2.54. The first-order valence-electron chi connectivity index (χ1n) is 4.63. The number of aryl methyl sites for hydroxylation is 1. The lowest BCUT2D eigenvalue weighted by Crippen LogP contribution is -2.12. The molecular weight excluding hydrogens is 164 g/mol. The molecule has 0 aliphatic carbocycles. The van der Waals surface area contributed by atoms with Crippen LogP contribution in [0.25, 0.3) is 0 Å². The number of Topliss-reactive ketones (excluding diaryl/α,β-unsaturated/α-hetero) is 1. The third-order valence-electron chi connectivity index (χ3n) is 2.30. The summed E-state index contributed by atoms with van der Waals surface area (Å²) in [5.74, 6) is 0.468. The van der Waals surface area contributed by atoms with Crippen LogP contribution >= 0.6 is 0 Å². The SMILES string of the molecule is CCC(C)C(=O)Cc1cnn(C)c1. The molecule has 0 saturated heterocycles. The second-order valence-electron chi connectivity index (χ2n) is 3.47. The summed E-state index contributed by atoms with van der Waals surface area (Å²) in [5, 5.41) is 4.02. The highest BCUT2D eigenvalue weighted by molar-refractivity contribution is 5.82. The summed E-state index contributed by atoms with van der Waals surface area (Å²) in [6.07, 6.45) is 5.07. The van der Waals surface area contributed by atoms with E-state index >= 15 is 0 Å². The minimum Gasteiger partial charge on any atom is -0.299 e. The van der Waals surface area contributed by atoms with Crippen LogP contribution in [0.4, 0.5) is 0 Å². The van der Waals surface area contributed by atoms with Crippen LogP contribution in [-0.2, 0) is 18.3 Å². The Hall–Kier alpha value is -1.12. The third-order valence-corrected chi connectivity index (χ3v) is 2.30. The van der Waals surface area contributed by atoms with Crippen molar-refractivity contribution in [1.82, 2.24) is 9.78 Å². The molecule has 1 aromatic heterocycles. The van der Waals surface area contributed by atoms with Gasteiger partial charge in [-0.05, 0) is 12.0 Å². The van der Waals surface area contributed by atoms with Crippen molar-refractivity contribution in [1.29, 1.82) is 0 Å². The fourth-order valence-corrected chi connectivity index (χ4v) is 1.17. The molecule has 0 spiro atoms. The summed E-state index contributed by atoms with van der Waals surface area (Å²) in [7, 11) is 1.86. The Bertz CT molecular complexity index is 291. The minimum atomic E-state index is 0.167. The molecule has 1 rings (SSSR count). The van der Waals surface area contributed by atoms with E-state index in [0.29, 0.717) is 12.2 Å².